The molecule has 1 fully saturated rings. The van der Waals surface area contributed by atoms with Gasteiger partial charge in [-0.25, -0.2) is 9.59 Å². The number of pyridine rings is 1. The molecule has 4 aromatic carbocycles. The Kier molecular flexibility index (Phi) is 10.7. The number of carbonyl (C=O) groups excluding carboxylic acids is 1. The Bertz CT molecular complexity index is 2340. The molecule has 12 nitrogen and oxygen atoms in total. The number of hydrogen-bond donors (Lipinski definition) is 6. The van der Waals surface area contributed by atoms with Gasteiger partial charge in [-0.3, -0.25) is 14.7 Å². The molecule has 0 radical (unpaired) electrons. The van der Waals surface area contributed by atoms with E-state index in [1.165, 1.54) is 12.1 Å². The number of aliphatic hydroxyl groups excluding tert-OH is 1. The number of aromatic amines is 1. The van der Waals surface area contributed by atoms with Crippen LogP contribution in [0.2, 0.25) is 0 Å². The number of benzene rings is 4. The minimum absolute atomic E-state index is 0.0676. The zero-order valence-electron chi connectivity index (χ0n) is 29.2. The maximum absolute atomic E-state index is 13.0. The van der Waals surface area contributed by atoms with Crippen LogP contribution in [0, 0.1) is 0 Å². The molecule has 0 bridgehead atoms. The maximum Gasteiger partial charge on any atom is 0.419 e. The van der Waals surface area contributed by atoms with Gasteiger partial charge in [0.05, 0.1) is 22.8 Å². The lowest BCUT2D eigenvalue weighted by molar-refractivity contribution is 0.0826. The minimum atomic E-state index is -0.903. The Balaban J connectivity index is 1.00. The Morgan fingerprint density at radius 1 is 0.962 bits per heavy atom. The van der Waals surface area contributed by atoms with Gasteiger partial charge in [-0.1, -0.05) is 54.6 Å². The van der Waals surface area contributed by atoms with E-state index in [0.29, 0.717) is 53.7 Å². The molecule has 12 heteroatoms. The van der Waals surface area contributed by atoms with Crippen molar-refractivity contribution in [3.05, 3.63) is 129 Å². The molecule has 0 unspecified atom stereocenters. The molecule has 6 aromatic rings. The molecule has 7 rings (SSSR count). The molecule has 2 heterocycles. The smallest absolute Gasteiger partial charge is 0.419 e. The van der Waals surface area contributed by atoms with Crippen molar-refractivity contribution in [2.24, 2.45) is 5.73 Å². The van der Waals surface area contributed by atoms with Gasteiger partial charge in [-0.05, 0) is 91.1 Å². The second-order valence-corrected chi connectivity index (χ2v) is 13.7. The first-order valence-corrected chi connectivity index (χ1v) is 18.0. The molecule has 1 aliphatic carbocycles. The van der Waals surface area contributed by atoms with Gasteiger partial charge in [0.1, 0.15) is 11.9 Å². The average Bonchev–Trinajstić information content (AvgIpc) is 3.47. The van der Waals surface area contributed by atoms with Crippen LogP contribution < -0.4 is 27.7 Å². The number of nitrogens with two attached hydrogens (primary N) is 1. The lowest BCUT2D eigenvalue weighted by Crippen LogP contribution is -2.32. The number of hydrogen-bond acceptors (Lipinski definition) is 9. The highest BCUT2D eigenvalue weighted by Crippen LogP contribution is 2.31. The summed E-state index contributed by atoms with van der Waals surface area (Å²) in [5.41, 5.74) is 12.1. The zero-order valence-corrected chi connectivity index (χ0v) is 29.2. The number of fused-ring (bicyclic) bond motifs is 2. The van der Waals surface area contributed by atoms with E-state index in [1.807, 2.05) is 60.7 Å². The molecule has 1 saturated carbocycles. The van der Waals surface area contributed by atoms with Crippen LogP contribution in [-0.2, 0) is 24.2 Å². The largest absolute Gasteiger partial charge is 0.506 e. The number of H-pyrrole nitrogens is 1. The monoisotopic (exact) mass is 717 g/mol. The number of aromatic nitrogens is 2. The first kappa shape index (κ1) is 35.7. The van der Waals surface area contributed by atoms with Crippen LogP contribution in [-0.4, -0.2) is 44.5 Å². The Morgan fingerprint density at radius 3 is 2.57 bits per heavy atom. The fourth-order valence-electron chi connectivity index (χ4n) is 7.10. The van der Waals surface area contributed by atoms with Gasteiger partial charge < -0.3 is 35.4 Å². The van der Waals surface area contributed by atoms with Crippen LogP contribution >= 0.6 is 0 Å². The molecule has 1 amide bonds. The molecule has 0 spiro atoms. The number of carbonyl (C=O) groups is 1. The highest BCUT2D eigenvalue weighted by atomic mass is 16.6. The summed E-state index contributed by atoms with van der Waals surface area (Å²) >= 11 is 0. The van der Waals surface area contributed by atoms with Gasteiger partial charge in [-0.2, -0.15) is 0 Å². The van der Waals surface area contributed by atoms with E-state index in [0.717, 1.165) is 47.9 Å². The van der Waals surface area contributed by atoms with E-state index < -0.39 is 18.0 Å². The normalized spacial score (nSPS) is 16.5. The van der Waals surface area contributed by atoms with Gasteiger partial charge in [0, 0.05) is 42.7 Å². The molecule has 0 saturated heterocycles. The Hall–Kier alpha value is -5.69. The lowest BCUT2D eigenvalue weighted by Gasteiger charge is -2.26. The summed E-state index contributed by atoms with van der Waals surface area (Å²) in [6.45, 7) is 1.05. The number of aliphatic hydroxyl groups is 1. The van der Waals surface area contributed by atoms with Crippen LogP contribution in [0.4, 0.5) is 10.5 Å². The number of nitrogens with one attached hydrogen (secondary N) is 3. The number of phenolic OH excluding ortho intramolecular Hbond substituents is 1. The van der Waals surface area contributed by atoms with Crippen LogP contribution in [0.3, 0.4) is 0 Å². The number of amides is 1. The molecular formula is C41H43N5O7. The van der Waals surface area contributed by atoms with E-state index in [4.69, 9.17) is 14.9 Å². The van der Waals surface area contributed by atoms with Crippen LogP contribution in [0.1, 0.15) is 54.9 Å². The summed E-state index contributed by atoms with van der Waals surface area (Å²) < 4.78 is 12.9. The fourth-order valence-corrected chi connectivity index (χ4v) is 7.10. The SMILES string of the molecule is NC1CCC(OC(=O)Nc2cc(CCCn3c(=O)oc4ccc(CNC[C@H](O)c5ccc(O)c6[nH]c(=O)ccc56)cc43)ccc2-c2ccccc2)CC1. The van der Waals surface area contributed by atoms with E-state index in [-0.39, 0.29) is 35.5 Å². The summed E-state index contributed by atoms with van der Waals surface area (Å²) in [6.07, 6.45) is 2.95. The van der Waals surface area contributed by atoms with Crippen molar-refractivity contribution in [2.75, 3.05) is 11.9 Å². The average molecular weight is 718 g/mol. The van der Waals surface area contributed by atoms with Crippen molar-refractivity contribution in [1.29, 1.82) is 0 Å². The molecule has 53 heavy (non-hydrogen) atoms. The first-order valence-electron chi connectivity index (χ1n) is 18.0. The predicted molar refractivity (Wildman–Crippen MR) is 204 cm³/mol. The predicted octanol–water partition coefficient (Wildman–Crippen LogP) is 6.08. The Morgan fingerprint density at radius 2 is 1.75 bits per heavy atom. The summed E-state index contributed by atoms with van der Waals surface area (Å²) in [4.78, 5) is 40.3. The number of aryl methyl sites for hydroxylation is 2. The van der Waals surface area contributed by atoms with Crippen molar-refractivity contribution >= 4 is 33.8 Å². The van der Waals surface area contributed by atoms with Crippen LogP contribution in [0.15, 0.2) is 105 Å². The van der Waals surface area contributed by atoms with E-state index >= 15 is 0 Å². The third-order valence-electron chi connectivity index (χ3n) is 9.91. The van der Waals surface area contributed by atoms with Gasteiger partial charge in [0.25, 0.3) is 0 Å². The lowest BCUT2D eigenvalue weighted by atomic mass is 9.94. The van der Waals surface area contributed by atoms with E-state index in [2.05, 4.69) is 15.6 Å². The van der Waals surface area contributed by atoms with Crippen LogP contribution in [0.25, 0.3) is 33.1 Å². The van der Waals surface area contributed by atoms with Crippen molar-refractivity contribution < 1.29 is 24.2 Å². The quantitative estimate of drug-likeness (QED) is 0.0873. The highest BCUT2D eigenvalue weighted by molar-refractivity contribution is 5.92. The van der Waals surface area contributed by atoms with Crippen molar-refractivity contribution in [2.45, 2.75) is 69.9 Å². The van der Waals surface area contributed by atoms with Crippen molar-refractivity contribution in [3.63, 3.8) is 0 Å². The summed E-state index contributed by atoms with van der Waals surface area (Å²) in [7, 11) is 0. The first-order chi connectivity index (χ1) is 25.7. The van der Waals surface area contributed by atoms with Gasteiger partial charge in [0.15, 0.2) is 5.58 Å². The molecule has 1 atom stereocenters. The molecule has 0 aliphatic heterocycles. The number of ether oxygens (including phenoxy) is 1. The number of aromatic hydroxyl groups is 1. The molecule has 1 aliphatic rings. The molecule has 7 N–H and O–H groups in total. The third kappa shape index (κ3) is 8.36. The maximum atomic E-state index is 13.0. The fraction of sp³-hybridized carbons (Fsp3) is 0.293. The second kappa shape index (κ2) is 15.9. The van der Waals surface area contributed by atoms with Crippen molar-refractivity contribution in [3.8, 4) is 16.9 Å². The van der Waals surface area contributed by atoms with E-state index in [9.17, 15) is 24.6 Å². The molecule has 274 valence electrons. The van der Waals surface area contributed by atoms with Gasteiger partial charge in [-0.15, -0.1) is 0 Å². The summed E-state index contributed by atoms with van der Waals surface area (Å²) in [6, 6.07) is 27.6. The van der Waals surface area contributed by atoms with Crippen LogP contribution in [0.5, 0.6) is 5.75 Å². The van der Waals surface area contributed by atoms with Crippen molar-refractivity contribution in [1.82, 2.24) is 14.9 Å². The number of nitrogens with zero attached hydrogens (tertiary/aromatic N) is 1. The standard InChI is InChI=1S/C41H43N5O7/c42-28-10-12-29(13-11-28)52-40(50)44-33-21-25(8-14-30(33)27-6-2-1-3-7-27)5-4-20-46-34-22-26(9-18-37(34)53-41(46)51)23-43-24-36(48)31-15-17-35(47)39-32(31)16-19-38(49)45-39/h1-3,6-9,14-19,21-22,28-29,36,43,47-48H,4-5,10-13,20,23-24,42H2,(H,44,50)(H,45,49)/t28?,29?,36-/m0/s1. The third-order valence-corrected chi connectivity index (χ3v) is 9.91. The minimum Gasteiger partial charge on any atom is -0.506 e. The van der Waals surface area contributed by atoms with Gasteiger partial charge >= 0.3 is 11.8 Å². The number of rotatable bonds is 12. The Labute approximate surface area is 305 Å². The molecule has 2 aromatic heterocycles. The topological polar surface area (TPSA) is 185 Å². The number of oxazole rings is 1. The number of anilines is 1. The molecular weight excluding hydrogens is 674 g/mol. The summed E-state index contributed by atoms with van der Waals surface area (Å²) in [5, 5.41) is 27.9. The number of phenols is 1. The zero-order chi connectivity index (χ0) is 36.9. The van der Waals surface area contributed by atoms with Gasteiger partial charge in [0.2, 0.25) is 5.56 Å². The van der Waals surface area contributed by atoms with E-state index in [1.54, 1.807) is 22.8 Å². The summed E-state index contributed by atoms with van der Waals surface area (Å²) in [5.74, 6) is -0.507. The second-order valence-electron chi connectivity index (χ2n) is 13.7. The highest BCUT2D eigenvalue weighted by Gasteiger charge is 2.22.